The summed E-state index contributed by atoms with van der Waals surface area (Å²) in [6, 6.07) is 8.10. The van der Waals surface area contributed by atoms with E-state index in [-0.39, 0.29) is 0 Å². The van der Waals surface area contributed by atoms with Crippen molar-refractivity contribution in [2.75, 3.05) is 34.3 Å². The van der Waals surface area contributed by atoms with Gasteiger partial charge >= 0.3 is 0 Å². The van der Waals surface area contributed by atoms with Crippen molar-refractivity contribution in [1.29, 1.82) is 0 Å². The third kappa shape index (κ3) is 4.21. The number of hydrogen-bond acceptors (Lipinski definition) is 3. The molecule has 1 aromatic carbocycles. The molecule has 0 bridgehead atoms. The van der Waals surface area contributed by atoms with Crippen LogP contribution in [-0.4, -0.2) is 51.3 Å². The lowest BCUT2D eigenvalue weighted by molar-refractivity contribution is 0.246. The number of hydrogen-bond donors (Lipinski definition) is 0. The first kappa shape index (κ1) is 17.2. The lowest BCUT2D eigenvalue weighted by Gasteiger charge is -2.33. The highest BCUT2D eigenvalue weighted by atomic mass is 32.2. The lowest BCUT2D eigenvalue weighted by atomic mass is 9.93. The van der Waals surface area contributed by atoms with E-state index in [1.807, 2.05) is 12.1 Å². The van der Waals surface area contributed by atoms with Crippen LogP contribution in [0.2, 0.25) is 0 Å². The third-order valence-electron chi connectivity index (χ3n) is 4.27. The summed E-state index contributed by atoms with van der Waals surface area (Å²) < 4.78 is 32.5. The summed E-state index contributed by atoms with van der Waals surface area (Å²) in [7, 11) is 1.58. The first-order chi connectivity index (χ1) is 10.4. The maximum atomic E-state index is 12.2. The van der Waals surface area contributed by atoms with E-state index >= 15 is 0 Å². The van der Waals surface area contributed by atoms with Crippen molar-refractivity contribution in [3.05, 3.63) is 29.8 Å². The fourth-order valence-electron chi connectivity index (χ4n) is 2.87. The summed E-state index contributed by atoms with van der Waals surface area (Å²) in [5, 5.41) is 0. The summed E-state index contributed by atoms with van der Waals surface area (Å²) in [6.07, 6.45) is 4.05. The molecule has 1 aromatic rings. The van der Waals surface area contributed by atoms with Crippen LogP contribution in [0.4, 0.5) is 0 Å². The molecular weight excluding hydrogens is 300 g/mol. The average Bonchev–Trinajstić information content (AvgIpc) is 2.53. The highest BCUT2D eigenvalue weighted by Crippen LogP contribution is 2.24. The Balaban J connectivity index is 1.90. The molecule has 0 radical (unpaired) electrons. The second kappa shape index (κ2) is 7.44. The van der Waals surface area contributed by atoms with Crippen LogP contribution in [0.3, 0.4) is 0 Å². The fraction of sp³-hybridized carbons (Fsp3) is 0.625. The zero-order chi connectivity index (χ0) is 16.2. The maximum Gasteiger partial charge on any atom is 0.281 e. The van der Waals surface area contributed by atoms with Gasteiger partial charge in [-0.3, -0.25) is 0 Å². The predicted molar refractivity (Wildman–Crippen MR) is 88.2 cm³/mol. The Hall–Kier alpha value is -1.11. The van der Waals surface area contributed by atoms with E-state index in [4.69, 9.17) is 4.74 Å². The average molecular weight is 326 g/mol. The van der Waals surface area contributed by atoms with Crippen molar-refractivity contribution >= 4 is 10.2 Å². The van der Waals surface area contributed by atoms with Crippen LogP contribution in [0.1, 0.15) is 24.8 Å². The Labute approximate surface area is 134 Å². The number of rotatable bonds is 6. The van der Waals surface area contributed by atoms with Gasteiger partial charge in [-0.15, -0.1) is 0 Å². The Morgan fingerprint density at radius 3 is 2.55 bits per heavy atom. The van der Waals surface area contributed by atoms with Crippen molar-refractivity contribution in [3.63, 3.8) is 0 Å². The molecule has 1 aliphatic heterocycles. The third-order valence-corrected chi connectivity index (χ3v) is 6.18. The molecule has 5 nitrogen and oxygen atoms in total. The smallest absolute Gasteiger partial charge is 0.281 e. The number of aryl methyl sites for hydroxylation is 1. The van der Waals surface area contributed by atoms with Gasteiger partial charge < -0.3 is 4.74 Å². The van der Waals surface area contributed by atoms with Gasteiger partial charge in [0.05, 0.1) is 7.11 Å². The summed E-state index contributed by atoms with van der Waals surface area (Å²) >= 11 is 0. The molecule has 124 valence electrons. The molecule has 2 rings (SSSR count). The number of piperidine rings is 1. The lowest BCUT2D eigenvalue weighted by Crippen LogP contribution is -2.45. The van der Waals surface area contributed by atoms with Gasteiger partial charge in [0, 0.05) is 27.2 Å². The minimum Gasteiger partial charge on any atom is -0.497 e. The van der Waals surface area contributed by atoms with Crippen LogP contribution in [0.5, 0.6) is 5.75 Å². The topological polar surface area (TPSA) is 49.9 Å². The Morgan fingerprint density at radius 2 is 1.95 bits per heavy atom. The number of ether oxygens (including phenoxy) is 1. The quantitative estimate of drug-likeness (QED) is 0.805. The molecule has 6 heteroatoms. The highest BCUT2D eigenvalue weighted by Gasteiger charge is 2.30. The molecular formula is C16H26N2O3S. The second-order valence-electron chi connectivity index (χ2n) is 6.04. The highest BCUT2D eigenvalue weighted by molar-refractivity contribution is 7.86. The first-order valence-corrected chi connectivity index (χ1v) is 9.13. The van der Waals surface area contributed by atoms with Crippen LogP contribution in [-0.2, 0) is 16.6 Å². The molecule has 0 unspecified atom stereocenters. The number of methoxy groups -OCH3 is 1. The molecule has 0 saturated carbocycles. The van der Waals surface area contributed by atoms with Crippen LogP contribution >= 0.6 is 0 Å². The van der Waals surface area contributed by atoms with Crippen molar-refractivity contribution in [2.24, 2.45) is 5.92 Å². The molecule has 1 heterocycles. The molecule has 0 aliphatic carbocycles. The molecule has 1 atom stereocenters. The molecule has 1 saturated heterocycles. The summed E-state index contributed by atoms with van der Waals surface area (Å²) in [5.74, 6) is 1.30. The van der Waals surface area contributed by atoms with Crippen LogP contribution < -0.4 is 4.74 Å². The van der Waals surface area contributed by atoms with Gasteiger partial charge in [0.1, 0.15) is 5.75 Å². The van der Waals surface area contributed by atoms with Crippen molar-refractivity contribution in [2.45, 2.75) is 25.7 Å². The van der Waals surface area contributed by atoms with Crippen LogP contribution in [0.15, 0.2) is 24.3 Å². The molecule has 1 aliphatic rings. The fourth-order valence-corrected chi connectivity index (χ4v) is 4.09. The summed E-state index contributed by atoms with van der Waals surface area (Å²) in [5.41, 5.74) is 1.27. The Morgan fingerprint density at radius 1 is 1.27 bits per heavy atom. The van der Waals surface area contributed by atoms with E-state index < -0.39 is 10.2 Å². The molecule has 22 heavy (non-hydrogen) atoms. The molecule has 0 amide bonds. The monoisotopic (exact) mass is 326 g/mol. The standard InChI is InChI=1S/C16H26N2O3S/c1-17(2)22(19,20)18-12-4-5-15(13-18)7-6-14-8-10-16(21-3)11-9-14/h8-11,15H,4-7,12-13H2,1-3H3/t15-/m1/s1. The first-order valence-electron chi connectivity index (χ1n) is 7.74. The second-order valence-corrected chi connectivity index (χ2v) is 8.19. The van der Waals surface area contributed by atoms with Gasteiger partial charge in [-0.05, 0) is 49.3 Å². The van der Waals surface area contributed by atoms with E-state index in [2.05, 4.69) is 12.1 Å². The Bertz CT molecular complexity index is 570. The van der Waals surface area contributed by atoms with Crippen molar-refractivity contribution < 1.29 is 13.2 Å². The van der Waals surface area contributed by atoms with Gasteiger partial charge in [-0.1, -0.05) is 12.1 Å². The van der Waals surface area contributed by atoms with E-state index in [0.717, 1.165) is 31.4 Å². The Kier molecular flexibility index (Phi) is 5.83. The SMILES string of the molecule is COc1ccc(CC[C@H]2CCCN(S(=O)(=O)N(C)C)C2)cc1. The number of benzene rings is 1. The molecule has 0 aromatic heterocycles. The summed E-state index contributed by atoms with van der Waals surface area (Å²) in [6.45, 7) is 1.27. The molecule has 0 N–H and O–H groups in total. The van der Waals surface area contributed by atoms with E-state index in [1.54, 1.807) is 25.5 Å². The zero-order valence-corrected chi connectivity index (χ0v) is 14.5. The van der Waals surface area contributed by atoms with Crippen LogP contribution in [0, 0.1) is 5.92 Å². The molecule has 1 fully saturated rings. The normalized spacial score (nSPS) is 20.3. The predicted octanol–water partition coefficient (Wildman–Crippen LogP) is 2.15. The minimum atomic E-state index is -3.27. The summed E-state index contributed by atoms with van der Waals surface area (Å²) in [4.78, 5) is 0. The van der Waals surface area contributed by atoms with E-state index in [1.165, 1.54) is 9.87 Å². The minimum absolute atomic E-state index is 0.436. The van der Waals surface area contributed by atoms with Gasteiger partial charge in [-0.25, -0.2) is 0 Å². The largest absolute Gasteiger partial charge is 0.497 e. The van der Waals surface area contributed by atoms with E-state index in [9.17, 15) is 8.42 Å². The maximum absolute atomic E-state index is 12.2. The molecule has 0 spiro atoms. The number of nitrogens with zero attached hydrogens (tertiary/aromatic N) is 2. The van der Waals surface area contributed by atoms with Crippen molar-refractivity contribution in [1.82, 2.24) is 8.61 Å². The van der Waals surface area contributed by atoms with Crippen LogP contribution in [0.25, 0.3) is 0 Å². The van der Waals surface area contributed by atoms with Gasteiger partial charge in [0.2, 0.25) is 0 Å². The van der Waals surface area contributed by atoms with Gasteiger partial charge in [-0.2, -0.15) is 17.0 Å². The van der Waals surface area contributed by atoms with Gasteiger partial charge in [0.15, 0.2) is 0 Å². The zero-order valence-electron chi connectivity index (χ0n) is 13.7. The van der Waals surface area contributed by atoms with Gasteiger partial charge in [0.25, 0.3) is 10.2 Å². The van der Waals surface area contributed by atoms with E-state index in [0.29, 0.717) is 19.0 Å². The van der Waals surface area contributed by atoms with Crippen molar-refractivity contribution in [3.8, 4) is 5.75 Å².